The van der Waals surface area contributed by atoms with Gasteiger partial charge in [-0.3, -0.25) is 4.90 Å². The zero-order valence-electron chi connectivity index (χ0n) is 12.2. The third kappa shape index (κ3) is 3.06. The number of hydrogen-bond donors (Lipinski definition) is 1. The number of imidazole rings is 1. The van der Waals surface area contributed by atoms with Crippen molar-refractivity contribution in [2.45, 2.75) is 20.0 Å². The molecule has 0 bridgehead atoms. The Morgan fingerprint density at radius 2 is 1.90 bits per heavy atom. The molecule has 0 fully saturated rings. The standard InChI is InChI=1S/C17H20N4/c1-2-20(11-14-6-4-3-5-7-14)13-16-10-19-17-9-8-15(18)12-21(16)17/h3-10,12H,2,11,13,18H2,1H3. The van der Waals surface area contributed by atoms with Crippen LogP contribution in [0.3, 0.4) is 0 Å². The predicted molar refractivity (Wildman–Crippen MR) is 85.8 cm³/mol. The number of nitrogens with two attached hydrogens (primary N) is 1. The molecular weight excluding hydrogens is 260 g/mol. The van der Waals surface area contributed by atoms with Crippen molar-refractivity contribution in [2.24, 2.45) is 0 Å². The molecule has 0 aliphatic carbocycles. The van der Waals surface area contributed by atoms with Gasteiger partial charge in [0.05, 0.1) is 11.9 Å². The van der Waals surface area contributed by atoms with Gasteiger partial charge in [0.1, 0.15) is 5.65 Å². The number of aromatic nitrogens is 2. The van der Waals surface area contributed by atoms with E-state index in [0.29, 0.717) is 0 Å². The van der Waals surface area contributed by atoms with Crippen LogP contribution in [0.5, 0.6) is 0 Å². The molecule has 2 aromatic heterocycles. The van der Waals surface area contributed by atoms with Gasteiger partial charge < -0.3 is 10.1 Å². The molecule has 4 heteroatoms. The van der Waals surface area contributed by atoms with Crippen LogP contribution < -0.4 is 5.73 Å². The number of fused-ring (bicyclic) bond motifs is 1. The first-order chi connectivity index (χ1) is 10.3. The van der Waals surface area contributed by atoms with Crippen LogP contribution in [-0.2, 0) is 13.1 Å². The Bertz CT molecular complexity index is 718. The molecule has 3 aromatic rings. The smallest absolute Gasteiger partial charge is 0.137 e. The summed E-state index contributed by atoms with van der Waals surface area (Å²) in [4.78, 5) is 6.83. The summed E-state index contributed by atoms with van der Waals surface area (Å²) < 4.78 is 2.07. The average molecular weight is 280 g/mol. The molecule has 0 saturated heterocycles. The Labute approximate surface area is 124 Å². The summed E-state index contributed by atoms with van der Waals surface area (Å²) in [6.45, 7) is 4.97. The van der Waals surface area contributed by atoms with Crippen molar-refractivity contribution in [3.05, 3.63) is 66.1 Å². The molecule has 4 nitrogen and oxygen atoms in total. The highest BCUT2D eigenvalue weighted by molar-refractivity contribution is 5.48. The minimum absolute atomic E-state index is 0.757. The highest BCUT2D eigenvalue weighted by Gasteiger charge is 2.09. The second-order valence-corrected chi connectivity index (χ2v) is 5.23. The van der Waals surface area contributed by atoms with E-state index in [1.807, 2.05) is 30.6 Å². The van der Waals surface area contributed by atoms with Crippen molar-refractivity contribution in [1.29, 1.82) is 0 Å². The summed E-state index contributed by atoms with van der Waals surface area (Å²) in [5.41, 5.74) is 10.1. The Balaban J connectivity index is 1.81. The van der Waals surface area contributed by atoms with Crippen molar-refractivity contribution in [3.63, 3.8) is 0 Å². The molecule has 0 atom stereocenters. The van der Waals surface area contributed by atoms with E-state index in [2.05, 4.69) is 45.5 Å². The van der Waals surface area contributed by atoms with Crippen molar-refractivity contribution in [3.8, 4) is 0 Å². The normalized spacial score (nSPS) is 11.3. The maximum absolute atomic E-state index is 5.88. The molecule has 0 radical (unpaired) electrons. The van der Waals surface area contributed by atoms with E-state index < -0.39 is 0 Å². The highest BCUT2D eigenvalue weighted by atomic mass is 15.1. The van der Waals surface area contributed by atoms with Gasteiger partial charge in [-0.2, -0.15) is 0 Å². The van der Waals surface area contributed by atoms with Gasteiger partial charge in [0, 0.05) is 25.0 Å². The number of nitrogen functional groups attached to an aromatic ring is 1. The molecule has 3 rings (SSSR count). The molecular formula is C17H20N4. The molecule has 1 aromatic carbocycles. The van der Waals surface area contributed by atoms with E-state index in [9.17, 15) is 0 Å². The zero-order chi connectivity index (χ0) is 14.7. The first-order valence-electron chi connectivity index (χ1n) is 7.24. The monoisotopic (exact) mass is 280 g/mol. The van der Waals surface area contributed by atoms with Gasteiger partial charge in [0.25, 0.3) is 0 Å². The van der Waals surface area contributed by atoms with Crippen LogP contribution in [0.2, 0.25) is 0 Å². The summed E-state index contributed by atoms with van der Waals surface area (Å²) in [5, 5.41) is 0. The highest BCUT2D eigenvalue weighted by Crippen LogP contribution is 2.14. The Morgan fingerprint density at radius 3 is 2.67 bits per heavy atom. The first kappa shape index (κ1) is 13.6. The third-order valence-corrected chi connectivity index (χ3v) is 3.69. The summed E-state index contributed by atoms with van der Waals surface area (Å²) in [7, 11) is 0. The van der Waals surface area contributed by atoms with E-state index >= 15 is 0 Å². The van der Waals surface area contributed by atoms with Gasteiger partial charge in [0.2, 0.25) is 0 Å². The second kappa shape index (κ2) is 5.97. The number of nitrogens with zero attached hydrogens (tertiary/aromatic N) is 3. The maximum atomic E-state index is 5.88. The lowest BCUT2D eigenvalue weighted by atomic mass is 10.2. The quantitative estimate of drug-likeness (QED) is 0.781. The largest absolute Gasteiger partial charge is 0.398 e. The van der Waals surface area contributed by atoms with Crippen LogP contribution in [0.15, 0.2) is 54.9 Å². The first-order valence-corrected chi connectivity index (χ1v) is 7.24. The van der Waals surface area contributed by atoms with E-state index in [0.717, 1.165) is 36.7 Å². The average Bonchev–Trinajstić information content (AvgIpc) is 2.90. The van der Waals surface area contributed by atoms with Gasteiger partial charge in [-0.05, 0) is 24.2 Å². The van der Waals surface area contributed by atoms with Crippen LogP contribution in [0.1, 0.15) is 18.2 Å². The van der Waals surface area contributed by atoms with E-state index in [4.69, 9.17) is 5.73 Å². The minimum Gasteiger partial charge on any atom is -0.398 e. The van der Waals surface area contributed by atoms with Gasteiger partial charge in [0.15, 0.2) is 0 Å². The Hall–Kier alpha value is -2.33. The molecule has 108 valence electrons. The molecule has 0 aliphatic rings. The minimum atomic E-state index is 0.757. The number of pyridine rings is 1. The zero-order valence-corrected chi connectivity index (χ0v) is 12.2. The van der Waals surface area contributed by atoms with Crippen molar-refractivity contribution in [1.82, 2.24) is 14.3 Å². The van der Waals surface area contributed by atoms with E-state index in [-0.39, 0.29) is 0 Å². The van der Waals surface area contributed by atoms with Gasteiger partial charge in [-0.1, -0.05) is 37.3 Å². The molecule has 2 N–H and O–H groups in total. The predicted octanol–water partition coefficient (Wildman–Crippen LogP) is 2.94. The molecule has 0 aliphatic heterocycles. The van der Waals surface area contributed by atoms with Crippen molar-refractivity contribution < 1.29 is 0 Å². The maximum Gasteiger partial charge on any atom is 0.137 e. The van der Waals surface area contributed by atoms with Crippen LogP contribution in [-0.4, -0.2) is 20.8 Å². The molecule has 21 heavy (non-hydrogen) atoms. The van der Waals surface area contributed by atoms with Crippen LogP contribution >= 0.6 is 0 Å². The number of hydrogen-bond acceptors (Lipinski definition) is 3. The van der Waals surface area contributed by atoms with Crippen molar-refractivity contribution in [2.75, 3.05) is 12.3 Å². The fourth-order valence-electron chi connectivity index (χ4n) is 2.51. The number of anilines is 1. The summed E-state index contributed by atoms with van der Waals surface area (Å²) in [6, 6.07) is 14.4. The van der Waals surface area contributed by atoms with Gasteiger partial charge in [-0.15, -0.1) is 0 Å². The summed E-state index contributed by atoms with van der Waals surface area (Å²) >= 11 is 0. The fourth-order valence-corrected chi connectivity index (χ4v) is 2.51. The fraction of sp³-hybridized carbons (Fsp3) is 0.235. The van der Waals surface area contributed by atoms with Gasteiger partial charge in [-0.25, -0.2) is 4.98 Å². The number of rotatable bonds is 5. The van der Waals surface area contributed by atoms with Crippen LogP contribution in [0, 0.1) is 0 Å². The molecule has 2 heterocycles. The molecule has 0 amide bonds. The Morgan fingerprint density at radius 1 is 1.10 bits per heavy atom. The number of benzene rings is 1. The SMILES string of the molecule is CCN(Cc1ccccc1)Cc1cnc2ccc(N)cn12. The van der Waals surface area contributed by atoms with E-state index in [1.54, 1.807) is 0 Å². The van der Waals surface area contributed by atoms with Gasteiger partial charge >= 0.3 is 0 Å². The van der Waals surface area contributed by atoms with Crippen molar-refractivity contribution >= 4 is 11.3 Å². The van der Waals surface area contributed by atoms with E-state index in [1.165, 1.54) is 5.56 Å². The van der Waals surface area contributed by atoms with Crippen LogP contribution in [0.4, 0.5) is 5.69 Å². The topological polar surface area (TPSA) is 46.6 Å². The molecule has 0 saturated carbocycles. The van der Waals surface area contributed by atoms with Crippen LogP contribution in [0.25, 0.3) is 5.65 Å². The third-order valence-electron chi connectivity index (χ3n) is 3.69. The lowest BCUT2D eigenvalue weighted by molar-refractivity contribution is 0.267. The molecule has 0 unspecified atom stereocenters. The molecule has 0 spiro atoms. The lowest BCUT2D eigenvalue weighted by Crippen LogP contribution is -2.23. The lowest BCUT2D eigenvalue weighted by Gasteiger charge is -2.20. The second-order valence-electron chi connectivity index (χ2n) is 5.23. The Kier molecular flexibility index (Phi) is 3.88. The summed E-state index contributed by atoms with van der Waals surface area (Å²) in [5.74, 6) is 0. The summed E-state index contributed by atoms with van der Waals surface area (Å²) in [6.07, 6.45) is 3.87.